The van der Waals surface area contributed by atoms with Gasteiger partial charge in [0.25, 0.3) is 0 Å². The van der Waals surface area contributed by atoms with Crippen molar-refractivity contribution >= 4 is 21.7 Å². The molecule has 3 heterocycles. The van der Waals surface area contributed by atoms with Crippen molar-refractivity contribution in [3.8, 4) is 11.3 Å². The van der Waals surface area contributed by atoms with E-state index in [1.54, 1.807) is 30.2 Å². The molecule has 0 fully saturated rings. The van der Waals surface area contributed by atoms with Crippen molar-refractivity contribution in [1.29, 1.82) is 0 Å². The Labute approximate surface area is 116 Å². The summed E-state index contributed by atoms with van der Waals surface area (Å²) in [6.45, 7) is 1.99. The lowest BCUT2D eigenvalue weighted by Crippen LogP contribution is -2.14. The lowest BCUT2D eigenvalue weighted by atomic mass is 10.2. The maximum Gasteiger partial charge on any atom is 0.144 e. The minimum absolute atomic E-state index is 0.333. The molecule has 3 aromatic rings. The summed E-state index contributed by atoms with van der Waals surface area (Å²) in [7, 11) is -2.44. The average Bonchev–Trinajstić information content (AvgIpc) is 3.06. The van der Waals surface area contributed by atoms with Gasteiger partial charge in [-0.15, -0.1) is 0 Å². The highest BCUT2D eigenvalue weighted by molar-refractivity contribution is 7.73. The molecule has 0 bridgehead atoms. The van der Waals surface area contributed by atoms with Gasteiger partial charge >= 0.3 is 0 Å². The molecule has 1 unspecified atom stereocenters. The van der Waals surface area contributed by atoms with E-state index in [0.29, 0.717) is 6.54 Å². The molecule has 1 N–H and O–H groups in total. The highest BCUT2D eigenvalue weighted by Crippen LogP contribution is 2.23. The standard InChI is InChI=1S/C12H13N5O2S/c1-8(20(18)19)5-17-6-9(4-16-17)11-10-2-3-13-12(10)15-7-14-11/h2-4,6-8,20H,5H2,1H3,(H,13,14,15). The van der Waals surface area contributed by atoms with E-state index in [4.69, 9.17) is 0 Å². The van der Waals surface area contributed by atoms with E-state index >= 15 is 0 Å². The van der Waals surface area contributed by atoms with Crippen LogP contribution in [0.1, 0.15) is 6.92 Å². The Balaban J connectivity index is 1.96. The number of aromatic nitrogens is 5. The molecule has 0 aliphatic rings. The number of nitrogens with zero attached hydrogens (tertiary/aromatic N) is 4. The molecule has 0 amide bonds. The third-order valence-electron chi connectivity index (χ3n) is 3.07. The van der Waals surface area contributed by atoms with E-state index < -0.39 is 16.0 Å². The van der Waals surface area contributed by atoms with Gasteiger partial charge in [0, 0.05) is 23.3 Å². The van der Waals surface area contributed by atoms with Crippen LogP contribution in [0.5, 0.6) is 0 Å². The number of H-pyrrole nitrogens is 1. The van der Waals surface area contributed by atoms with Gasteiger partial charge in [0.05, 0.1) is 23.7 Å². The second kappa shape index (κ2) is 5.04. The highest BCUT2D eigenvalue weighted by Gasteiger charge is 2.11. The summed E-state index contributed by atoms with van der Waals surface area (Å²) in [6, 6.07) is 1.90. The van der Waals surface area contributed by atoms with Gasteiger partial charge in [-0.3, -0.25) is 4.68 Å². The van der Waals surface area contributed by atoms with Gasteiger partial charge in [-0.25, -0.2) is 18.4 Å². The van der Waals surface area contributed by atoms with Crippen molar-refractivity contribution in [2.75, 3.05) is 0 Å². The van der Waals surface area contributed by atoms with Crippen LogP contribution in [0.4, 0.5) is 0 Å². The predicted molar refractivity (Wildman–Crippen MR) is 74.9 cm³/mol. The molecule has 0 aromatic carbocycles. The number of fused-ring (bicyclic) bond motifs is 1. The van der Waals surface area contributed by atoms with E-state index in [9.17, 15) is 8.42 Å². The van der Waals surface area contributed by atoms with Crippen molar-refractivity contribution in [3.63, 3.8) is 0 Å². The van der Waals surface area contributed by atoms with Gasteiger partial charge in [-0.2, -0.15) is 5.10 Å². The van der Waals surface area contributed by atoms with Gasteiger partial charge in [0.2, 0.25) is 0 Å². The largest absolute Gasteiger partial charge is 0.346 e. The van der Waals surface area contributed by atoms with Crippen LogP contribution in [0, 0.1) is 0 Å². The predicted octanol–water partition coefficient (Wildman–Crippen LogP) is 0.821. The maximum atomic E-state index is 10.9. The second-order valence-corrected chi connectivity index (χ2v) is 6.00. The summed E-state index contributed by atoms with van der Waals surface area (Å²) in [5.74, 6) is 0. The molecular formula is C12H13N5O2S. The Morgan fingerprint density at radius 2 is 2.25 bits per heavy atom. The lowest BCUT2D eigenvalue weighted by molar-refractivity contribution is 0.563. The molecule has 1 atom stereocenters. The first kappa shape index (κ1) is 12.8. The minimum Gasteiger partial charge on any atom is -0.346 e. The first-order chi connectivity index (χ1) is 9.65. The molecule has 0 aliphatic carbocycles. The van der Waals surface area contributed by atoms with Crippen molar-refractivity contribution in [2.24, 2.45) is 0 Å². The zero-order chi connectivity index (χ0) is 14.1. The van der Waals surface area contributed by atoms with E-state index in [1.807, 2.05) is 6.07 Å². The zero-order valence-electron chi connectivity index (χ0n) is 10.7. The van der Waals surface area contributed by atoms with Gasteiger partial charge in [-0.1, -0.05) is 0 Å². The van der Waals surface area contributed by atoms with Crippen LogP contribution in [-0.2, 0) is 17.2 Å². The number of nitrogens with one attached hydrogen (secondary N) is 1. The lowest BCUT2D eigenvalue weighted by Gasteiger charge is -2.03. The molecule has 0 saturated carbocycles. The van der Waals surface area contributed by atoms with Gasteiger partial charge in [-0.05, 0) is 13.0 Å². The first-order valence-corrected chi connectivity index (χ1v) is 7.34. The van der Waals surface area contributed by atoms with Crippen LogP contribution in [0.15, 0.2) is 31.0 Å². The molecule has 0 aliphatic heterocycles. The third-order valence-corrected chi connectivity index (χ3v) is 3.95. The van der Waals surface area contributed by atoms with Crippen molar-refractivity contribution in [2.45, 2.75) is 18.7 Å². The van der Waals surface area contributed by atoms with Crippen LogP contribution >= 0.6 is 0 Å². The van der Waals surface area contributed by atoms with Crippen LogP contribution in [0.3, 0.4) is 0 Å². The number of thiol groups is 1. The average molecular weight is 291 g/mol. The van der Waals surface area contributed by atoms with Crippen molar-refractivity contribution in [1.82, 2.24) is 24.7 Å². The SMILES string of the molecule is CC(Cn1cc(-c2ncnc3[nH]ccc23)cn1)[SH](=O)=O. The fourth-order valence-corrected chi connectivity index (χ4v) is 2.33. The molecular weight excluding hydrogens is 278 g/mol. The molecule has 0 saturated heterocycles. The summed E-state index contributed by atoms with van der Waals surface area (Å²) in [4.78, 5) is 11.4. The molecule has 8 heteroatoms. The fourth-order valence-electron chi connectivity index (χ4n) is 2.03. The second-order valence-electron chi connectivity index (χ2n) is 4.55. The fraction of sp³-hybridized carbons (Fsp3) is 0.250. The Morgan fingerprint density at radius 3 is 3.05 bits per heavy atom. The molecule has 3 aromatic heterocycles. The summed E-state index contributed by atoms with van der Waals surface area (Å²) in [6.07, 6.45) is 6.77. The molecule has 3 rings (SSSR count). The summed E-state index contributed by atoms with van der Waals surface area (Å²) >= 11 is 0. The molecule has 104 valence electrons. The van der Waals surface area contributed by atoms with E-state index in [1.165, 1.54) is 6.33 Å². The van der Waals surface area contributed by atoms with E-state index in [2.05, 4.69) is 20.1 Å². The Morgan fingerprint density at radius 1 is 1.40 bits per heavy atom. The van der Waals surface area contributed by atoms with Crippen LogP contribution in [0.25, 0.3) is 22.3 Å². The topological polar surface area (TPSA) is 93.5 Å². The smallest absolute Gasteiger partial charge is 0.144 e. The van der Waals surface area contributed by atoms with Gasteiger partial charge < -0.3 is 4.98 Å². The minimum atomic E-state index is -2.44. The normalized spacial score (nSPS) is 13.1. The van der Waals surface area contributed by atoms with Crippen LogP contribution < -0.4 is 0 Å². The number of aromatic amines is 1. The van der Waals surface area contributed by atoms with Crippen molar-refractivity contribution < 1.29 is 8.42 Å². The Kier molecular flexibility index (Phi) is 3.23. The van der Waals surface area contributed by atoms with Crippen LogP contribution in [-0.4, -0.2) is 38.4 Å². The third kappa shape index (κ3) is 2.29. The molecule has 7 nitrogen and oxygen atoms in total. The number of hydrogen-bond acceptors (Lipinski definition) is 5. The number of rotatable bonds is 4. The molecule has 0 spiro atoms. The quantitative estimate of drug-likeness (QED) is 0.694. The molecule has 20 heavy (non-hydrogen) atoms. The van der Waals surface area contributed by atoms with E-state index in [-0.39, 0.29) is 0 Å². The maximum absolute atomic E-state index is 10.9. The van der Waals surface area contributed by atoms with Gasteiger partial charge in [0.15, 0.2) is 0 Å². The zero-order valence-corrected chi connectivity index (χ0v) is 11.6. The van der Waals surface area contributed by atoms with Crippen molar-refractivity contribution in [3.05, 3.63) is 31.0 Å². The monoisotopic (exact) mass is 291 g/mol. The molecule has 0 radical (unpaired) electrons. The van der Waals surface area contributed by atoms with Gasteiger partial charge in [0.1, 0.15) is 22.7 Å². The first-order valence-electron chi connectivity index (χ1n) is 6.09. The summed E-state index contributed by atoms with van der Waals surface area (Å²) < 4.78 is 23.4. The van der Waals surface area contributed by atoms with Crippen LogP contribution in [0.2, 0.25) is 0 Å². The Hall–Kier alpha value is -2.22. The summed E-state index contributed by atoms with van der Waals surface area (Å²) in [5, 5.41) is 4.65. The summed E-state index contributed by atoms with van der Waals surface area (Å²) in [5.41, 5.74) is 2.38. The number of hydrogen-bond donors (Lipinski definition) is 2. The van der Waals surface area contributed by atoms with E-state index in [0.717, 1.165) is 22.3 Å². The highest BCUT2D eigenvalue weighted by atomic mass is 32.2. The Bertz CT molecular complexity index is 812.